The lowest BCUT2D eigenvalue weighted by Crippen LogP contribution is -2.33. The van der Waals surface area contributed by atoms with Gasteiger partial charge in [-0.05, 0) is 61.2 Å². The molecule has 1 heterocycles. The Morgan fingerprint density at radius 3 is 2.16 bits per heavy atom. The van der Waals surface area contributed by atoms with Crippen molar-refractivity contribution in [1.29, 1.82) is 0 Å². The van der Waals surface area contributed by atoms with E-state index in [-0.39, 0.29) is 12.2 Å². The fraction of sp³-hybridized carbons (Fsp3) is 0.192. The molecule has 6 heteroatoms. The van der Waals surface area contributed by atoms with E-state index in [1.54, 1.807) is 26.0 Å². The van der Waals surface area contributed by atoms with E-state index in [4.69, 9.17) is 4.84 Å². The van der Waals surface area contributed by atoms with E-state index < -0.39 is 28.6 Å². The van der Waals surface area contributed by atoms with E-state index >= 15 is 0 Å². The number of benzene rings is 3. The van der Waals surface area contributed by atoms with Crippen molar-refractivity contribution in [2.24, 2.45) is 5.16 Å². The smallest absolute Gasteiger partial charge is 0.230 e. The summed E-state index contributed by atoms with van der Waals surface area (Å²) in [6, 6.07) is 16.2. The first-order valence-corrected chi connectivity index (χ1v) is 10.2. The number of carbonyl (C=O) groups excluding carboxylic acids is 2. The second-order valence-corrected chi connectivity index (χ2v) is 8.29. The maximum absolute atomic E-state index is 13.8. The molecule has 0 N–H and O–H groups in total. The van der Waals surface area contributed by atoms with Gasteiger partial charge >= 0.3 is 0 Å². The predicted octanol–water partition coefficient (Wildman–Crippen LogP) is 5.45. The molecule has 0 spiro atoms. The van der Waals surface area contributed by atoms with Gasteiger partial charge in [-0.3, -0.25) is 9.59 Å². The lowest BCUT2D eigenvalue weighted by molar-refractivity contribution is -0.128. The minimum atomic E-state index is -0.958. The highest BCUT2D eigenvalue weighted by molar-refractivity contribution is 6.49. The standard InChI is InChI=1S/C26H21F2NO3/c1-15-13-18(24-25(31)26(2,3)32-29-24)11-12-19(15)17-9-7-16(8-10-17)14-22(30)23-20(27)5-4-6-21(23)28/h4-13H,14H2,1-3H3. The van der Waals surface area contributed by atoms with Crippen molar-refractivity contribution in [3.63, 3.8) is 0 Å². The highest BCUT2D eigenvalue weighted by Gasteiger charge is 2.40. The average Bonchev–Trinajstić information content (AvgIpc) is 3.01. The van der Waals surface area contributed by atoms with Crippen molar-refractivity contribution in [2.45, 2.75) is 32.8 Å². The molecule has 1 aliphatic rings. The fourth-order valence-electron chi connectivity index (χ4n) is 3.69. The minimum absolute atomic E-state index is 0.103. The Kier molecular flexibility index (Phi) is 5.46. The van der Waals surface area contributed by atoms with Gasteiger partial charge in [-0.15, -0.1) is 0 Å². The molecule has 0 radical (unpaired) electrons. The lowest BCUT2D eigenvalue weighted by Gasteiger charge is -2.12. The van der Waals surface area contributed by atoms with E-state index in [0.29, 0.717) is 16.8 Å². The van der Waals surface area contributed by atoms with Gasteiger partial charge in [0.1, 0.15) is 11.6 Å². The summed E-state index contributed by atoms with van der Waals surface area (Å²) in [5.74, 6) is -2.49. The van der Waals surface area contributed by atoms with E-state index in [1.807, 2.05) is 37.3 Å². The van der Waals surface area contributed by atoms with Gasteiger partial charge in [0.05, 0.1) is 5.56 Å². The van der Waals surface area contributed by atoms with Crippen LogP contribution in [-0.4, -0.2) is 22.9 Å². The SMILES string of the molecule is Cc1cc(C2=NOC(C)(C)C2=O)ccc1-c1ccc(CC(=O)c2c(F)cccc2F)cc1. The van der Waals surface area contributed by atoms with Crippen LogP contribution in [0.5, 0.6) is 0 Å². The van der Waals surface area contributed by atoms with Crippen molar-refractivity contribution in [1.82, 2.24) is 0 Å². The number of carbonyl (C=O) groups is 2. The molecule has 0 atom stereocenters. The predicted molar refractivity (Wildman–Crippen MR) is 118 cm³/mol. The monoisotopic (exact) mass is 433 g/mol. The highest BCUT2D eigenvalue weighted by atomic mass is 19.1. The molecule has 0 unspecified atom stereocenters. The molecule has 0 saturated carbocycles. The molecule has 0 saturated heterocycles. The van der Waals surface area contributed by atoms with E-state index in [1.165, 1.54) is 6.07 Å². The summed E-state index contributed by atoms with van der Waals surface area (Å²) in [7, 11) is 0. The first kappa shape index (κ1) is 21.6. The first-order chi connectivity index (χ1) is 15.2. The van der Waals surface area contributed by atoms with Crippen molar-refractivity contribution in [3.8, 4) is 11.1 Å². The van der Waals surface area contributed by atoms with Crippen LogP contribution in [0.3, 0.4) is 0 Å². The Morgan fingerprint density at radius 2 is 1.59 bits per heavy atom. The Labute approximate surface area is 184 Å². The van der Waals surface area contributed by atoms with Gasteiger partial charge in [-0.2, -0.15) is 0 Å². The van der Waals surface area contributed by atoms with Crippen LogP contribution in [-0.2, 0) is 16.1 Å². The fourth-order valence-corrected chi connectivity index (χ4v) is 3.69. The summed E-state index contributed by atoms with van der Waals surface area (Å²) in [6.45, 7) is 5.29. The molecule has 4 nitrogen and oxygen atoms in total. The van der Waals surface area contributed by atoms with Gasteiger partial charge in [-0.1, -0.05) is 47.6 Å². The van der Waals surface area contributed by atoms with E-state index in [0.717, 1.165) is 28.8 Å². The van der Waals surface area contributed by atoms with Gasteiger partial charge in [0, 0.05) is 12.0 Å². The molecular formula is C26H21F2NO3. The lowest BCUT2D eigenvalue weighted by atomic mass is 9.92. The Morgan fingerprint density at radius 1 is 0.969 bits per heavy atom. The Bertz CT molecular complexity index is 1240. The number of nitrogens with zero attached hydrogens (tertiary/aromatic N) is 1. The first-order valence-electron chi connectivity index (χ1n) is 10.2. The van der Waals surface area contributed by atoms with E-state index in [9.17, 15) is 18.4 Å². The van der Waals surface area contributed by atoms with Crippen LogP contribution in [0.1, 0.15) is 40.9 Å². The molecule has 0 aromatic heterocycles. The number of hydrogen-bond acceptors (Lipinski definition) is 4. The molecule has 0 fully saturated rings. The number of ketones is 2. The summed E-state index contributed by atoms with van der Waals surface area (Å²) in [5.41, 5.74) is 2.99. The van der Waals surface area contributed by atoms with Crippen molar-refractivity contribution >= 4 is 17.3 Å². The number of aryl methyl sites for hydroxylation is 1. The quantitative estimate of drug-likeness (QED) is 0.503. The molecule has 32 heavy (non-hydrogen) atoms. The summed E-state index contributed by atoms with van der Waals surface area (Å²) < 4.78 is 27.7. The highest BCUT2D eigenvalue weighted by Crippen LogP contribution is 2.28. The van der Waals surface area contributed by atoms with Crippen LogP contribution in [0, 0.1) is 18.6 Å². The summed E-state index contributed by atoms with van der Waals surface area (Å²) in [6.07, 6.45) is -0.103. The minimum Gasteiger partial charge on any atom is -0.381 e. The zero-order valence-corrected chi connectivity index (χ0v) is 17.9. The van der Waals surface area contributed by atoms with Crippen LogP contribution in [0.4, 0.5) is 8.78 Å². The maximum atomic E-state index is 13.8. The van der Waals surface area contributed by atoms with E-state index in [2.05, 4.69) is 5.16 Å². The number of rotatable bonds is 5. The summed E-state index contributed by atoms with van der Waals surface area (Å²) >= 11 is 0. The molecule has 0 aliphatic carbocycles. The molecule has 3 aromatic rings. The normalized spacial score (nSPS) is 14.8. The third kappa shape index (κ3) is 3.96. The molecule has 3 aromatic carbocycles. The second-order valence-electron chi connectivity index (χ2n) is 8.29. The van der Waals surface area contributed by atoms with Crippen LogP contribution in [0.25, 0.3) is 11.1 Å². The third-order valence-electron chi connectivity index (χ3n) is 5.50. The van der Waals surface area contributed by atoms with Crippen LogP contribution >= 0.6 is 0 Å². The number of hydrogen-bond donors (Lipinski definition) is 0. The van der Waals surface area contributed by atoms with Gasteiger partial charge < -0.3 is 4.84 Å². The van der Waals surface area contributed by atoms with Crippen molar-refractivity contribution in [2.75, 3.05) is 0 Å². The topological polar surface area (TPSA) is 55.7 Å². The molecular weight excluding hydrogens is 412 g/mol. The molecule has 0 amide bonds. The Balaban J connectivity index is 1.53. The van der Waals surface area contributed by atoms with Gasteiger partial charge in [0.2, 0.25) is 5.78 Å². The number of oxime groups is 1. The zero-order chi connectivity index (χ0) is 23.0. The number of Topliss-reactive ketones (excluding diaryl/α,β-unsaturated/α-hetero) is 2. The molecule has 1 aliphatic heterocycles. The van der Waals surface area contributed by atoms with Crippen molar-refractivity contribution < 1.29 is 23.2 Å². The average molecular weight is 433 g/mol. The van der Waals surface area contributed by atoms with Gasteiger partial charge in [-0.25, -0.2) is 8.78 Å². The zero-order valence-electron chi connectivity index (χ0n) is 17.9. The largest absolute Gasteiger partial charge is 0.381 e. The van der Waals surface area contributed by atoms with Crippen LogP contribution in [0.2, 0.25) is 0 Å². The summed E-state index contributed by atoms with van der Waals surface area (Å²) in [4.78, 5) is 30.0. The third-order valence-corrected chi connectivity index (χ3v) is 5.50. The van der Waals surface area contributed by atoms with Crippen LogP contribution in [0.15, 0.2) is 65.8 Å². The van der Waals surface area contributed by atoms with Crippen molar-refractivity contribution in [3.05, 3.63) is 94.6 Å². The molecule has 4 rings (SSSR count). The van der Waals surface area contributed by atoms with Crippen LogP contribution < -0.4 is 0 Å². The summed E-state index contributed by atoms with van der Waals surface area (Å²) in [5, 5.41) is 3.94. The molecule has 0 bridgehead atoms. The maximum Gasteiger partial charge on any atom is 0.230 e. The second kappa shape index (κ2) is 8.11. The Hall–Kier alpha value is -3.67. The van der Waals surface area contributed by atoms with Gasteiger partial charge in [0.15, 0.2) is 17.1 Å². The number of halogens is 2. The van der Waals surface area contributed by atoms with Gasteiger partial charge in [0.25, 0.3) is 0 Å². The molecule has 162 valence electrons.